The van der Waals surface area contributed by atoms with Gasteiger partial charge >= 0.3 is 18.2 Å². The van der Waals surface area contributed by atoms with Gasteiger partial charge in [0, 0.05) is 32.7 Å². The Morgan fingerprint density at radius 2 is 1.43 bits per heavy atom. The van der Waals surface area contributed by atoms with Crippen LogP contribution in [0, 0.1) is 0 Å². The third-order valence-electron chi connectivity index (χ3n) is 7.25. The number of hydrogen-bond acceptors (Lipinski definition) is 7. The van der Waals surface area contributed by atoms with Crippen molar-refractivity contribution in [3.05, 3.63) is 83.4 Å². The fraction of sp³-hybridized carbons (Fsp3) is 0.444. The molecule has 4 rings (SSSR count). The molecule has 10 heteroatoms. The Bertz CT molecular complexity index is 1560. The second-order valence-corrected chi connectivity index (χ2v) is 13.4. The predicted octanol–water partition coefficient (Wildman–Crippen LogP) is 6.86. The van der Waals surface area contributed by atoms with Crippen molar-refractivity contribution in [3.63, 3.8) is 0 Å². The normalized spacial score (nSPS) is 14.8. The van der Waals surface area contributed by atoms with Crippen LogP contribution >= 0.6 is 0 Å². The molecule has 46 heavy (non-hydrogen) atoms. The van der Waals surface area contributed by atoms with Crippen LogP contribution < -0.4 is 0 Å². The molecule has 246 valence electrons. The first-order valence-electron chi connectivity index (χ1n) is 15.7. The molecule has 0 saturated carbocycles. The number of hydrogen-bond donors (Lipinski definition) is 0. The van der Waals surface area contributed by atoms with Gasteiger partial charge in [-0.2, -0.15) is 0 Å². The zero-order chi connectivity index (χ0) is 33.5. The van der Waals surface area contributed by atoms with E-state index >= 15 is 0 Å². The zero-order valence-electron chi connectivity index (χ0n) is 28.0. The largest absolute Gasteiger partial charge is 0.465 e. The molecular weight excluding hydrogens is 584 g/mol. The number of fused-ring (bicyclic) bond motifs is 1. The van der Waals surface area contributed by atoms with E-state index < -0.39 is 23.4 Å². The lowest BCUT2D eigenvalue weighted by atomic mass is 10.1. The van der Waals surface area contributed by atoms with Gasteiger partial charge in [0.05, 0.1) is 19.2 Å². The number of esters is 1. The summed E-state index contributed by atoms with van der Waals surface area (Å²) in [6.45, 7) is 14.1. The maximum Gasteiger partial charge on any atom is 0.437 e. The molecule has 3 aromatic rings. The van der Waals surface area contributed by atoms with Gasteiger partial charge in [-0.05, 0) is 88.1 Å². The highest BCUT2D eigenvalue weighted by Gasteiger charge is 2.32. The van der Waals surface area contributed by atoms with Gasteiger partial charge in [-0.1, -0.05) is 48.5 Å². The Hall–Kier alpha value is -4.44. The van der Waals surface area contributed by atoms with Gasteiger partial charge in [0.25, 0.3) is 0 Å². The zero-order valence-corrected chi connectivity index (χ0v) is 28.0. The molecule has 0 bridgehead atoms. The summed E-state index contributed by atoms with van der Waals surface area (Å²) in [5.74, 6) is -0.173. The van der Waals surface area contributed by atoms with E-state index in [0.717, 1.165) is 34.9 Å². The van der Waals surface area contributed by atoms with Crippen LogP contribution in [-0.4, -0.2) is 83.3 Å². The second kappa shape index (κ2) is 14.8. The fourth-order valence-electron chi connectivity index (χ4n) is 5.17. The molecule has 1 aliphatic heterocycles. The van der Waals surface area contributed by atoms with Crippen LogP contribution in [0.3, 0.4) is 0 Å². The molecule has 1 heterocycles. The van der Waals surface area contributed by atoms with Crippen LogP contribution in [0.25, 0.3) is 10.8 Å². The van der Waals surface area contributed by atoms with Gasteiger partial charge in [0.15, 0.2) is 0 Å². The van der Waals surface area contributed by atoms with Crippen molar-refractivity contribution in [1.82, 2.24) is 14.7 Å². The molecule has 1 saturated heterocycles. The predicted molar refractivity (Wildman–Crippen MR) is 179 cm³/mol. The summed E-state index contributed by atoms with van der Waals surface area (Å²) < 4.78 is 16.3. The van der Waals surface area contributed by atoms with Gasteiger partial charge in [0.1, 0.15) is 11.2 Å². The van der Waals surface area contributed by atoms with Crippen LogP contribution in [0.4, 0.5) is 9.59 Å². The molecule has 1 fully saturated rings. The maximum atomic E-state index is 13.9. The molecule has 0 unspecified atom stereocenters. The molecule has 2 amide bonds. The van der Waals surface area contributed by atoms with E-state index in [1.807, 2.05) is 80.3 Å². The van der Waals surface area contributed by atoms with Crippen molar-refractivity contribution < 1.29 is 28.6 Å². The molecule has 1 aliphatic rings. The van der Waals surface area contributed by atoms with Crippen LogP contribution in [0.5, 0.6) is 0 Å². The first-order chi connectivity index (χ1) is 21.7. The highest BCUT2D eigenvalue weighted by molar-refractivity contribution is 5.99. The van der Waals surface area contributed by atoms with Crippen molar-refractivity contribution in [1.29, 1.82) is 0 Å². The highest BCUT2D eigenvalue weighted by Crippen LogP contribution is 2.21. The molecule has 0 spiro atoms. The van der Waals surface area contributed by atoms with Crippen molar-refractivity contribution in [2.45, 2.75) is 72.3 Å². The number of amides is 2. The Morgan fingerprint density at radius 3 is 2.09 bits per heavy atom. The average molecular weight is 631 g/mol. The minimum Gasteiger partial charge on any atom is -0.465 e. The SMILES string of the molecule is COC(=O)c1ccc(CN2CCCN(/C(=N\C(=O)OC(C)(C)C)N(Cc3ccc4ccccc4c3)C(=O)OC(C)(C)C)CC2)cc1. The smallest absolute Gasteiger partial charge is 0.437 e. The third kappa shape index (κ3) is 10.0. The Morgan fingerprint density at radius 1 is 0.783 bits per heavy atom. The standard InChI is InChI=1S/C36H46N4O6/c1-35(2,3)45-33(42)37-32(39-20-10-19-38(21-22-39)24-26-13-17-29(18-14-26)31(41)44-7)40(34(43)46-36(4,5)6)25-27-15-16-28-11-8-9-12-30(28)23-27/h8-9,11-18,23H,10,19-22,24-25H2,1-7H3/b37-32+. The monoisotopic (exact) mass is 630 g/mol. The number of nitrogens with zero attached hydrogens (tertiary/aromatic N) is 4. The van der Waals surface area contributed by atoms with Crippen LogP contribution in [0.15, 0.2) is 71.7 Å². The quantitative estimate of drug-likeness (QED) is 0.130. The summed E-state index contributed by atoms with van der Waals surface area (Å²) in [5.41, 5.74) is 0.905. The van der Waals surface area contributed by atoms with Gasteiger partial charge in [0.2, 0.25) is 5.96 Å². The van der Waals surface area contributed by atoms with E-state index in [-0.39, 0.29) is 18.5 Å². The van der Waals surface area contributed by atoms with E-state index in [1.54, 1.807) is 32.9 Å². The van der Waals surface area contributed by atoms with E-state index in [2.05, 4.69) is 9.89 Å². The lowest BCUT2D eigenvalue weighted by Gasteiger charge is -2.34. The first-order valence-corrected chi connectivity index (χ1v) is 15.7. The molecule has 0 radical (unpaired) electrons. The van der Waals surface area contributed by atoms with Gasteiger partial charge in [-0.3, -0.25) is 4.90 Å². The molecule has 0 N–H and O–H groups in total. The van der Waals surface area contributed by atoms with Gasteiger partial charge in [-0.15, -0.1) is 4.99 Å². The van der Waals surface area contributed by atoms with Crippen molar-refractivity contribution >= 4 is 34.9 Å². The Labute approximate surface area is 271 Å². The van der Waals surface area contributed by atoms with Crippen molar-refractivity contribution in [2.24, 2.45) is 4.99 Å². The third-order valence-corrected chi connectivity index (χ3v) is 7.25. The number of methoxy groups -OCH3 is 1. The number of carbonyl (C=O) groups excluding carboxylic acids is 3. The molecule has 0 aromatic heterocycles. The summed E-state index contributed by atoms with van der Waals surface area (Å²) in [7, 11) is 1.37. The van der Waals surface area contributed by atoms with Gasteiger partial charge in [-0.25, -0.2) is 19.3 Å². The molecular formula is C36H46N4O6. The second-order valence-electron chi connectivity index (χ2n) is 13.4. The highest BCUT2D eigenvalue weighted by atomic mass is 16.6. The molecule has 3 aromatic carbocycles. The summed E-state index contributed by atoms with van der Waals surface area (Å²) >= 11 is 0. The van der Waals surface area contributed by atoms with Gasteiger partial charge < -0.3 is 19.1 Å². The van der Waals surface area contributed by atoms with E-state index in [9.17, 15) is 14.4 Å². The number of guanidine groups is 1. The van der Waals surface area contributed by atoms with Crippen molar-refractivity contribution in [2.75, 3.05) is 33.3 Å². The fourth-order valence-corrected chi connectivity index (χ4v) is 5.17. The van der Waals surface area contributed by atoms with Crippen LogP contribution in [0.1, 0.15) is 69.4 Å². The van der Waals surface area contributed by atoms with E-state index in [1.165, 1.54) is 12.0 Å². The van der Waals surface area contributed by atoms with Crippen molar-refractivity contribution in [3.8, 4) is 0 Å². The summed E-state index contributed by atoms with van der Waals surface area (Å²) in [4.78, 5) is 49.0. The Kier molecular flexibility index (Phi) is 11.1. The lowest BCUT2D eigenvalue weighted by Crippen LogP contribution is -2.50. The molecule has 0 aliphatic carbocycles. The molecule has 0 atom stereocenters. The number of rotatable bonds is 5. The summed E-state index contributed by atoms with van der Waals surface area (Å²) in [5, 5.41) is 2.13. The summed E-state index contributed by atoms with van der Waals surface area (Å²) in [6, 6.07) is 21.4. The topological polar surface area (TPSA) is 101 Å². The lowest BCUT2D eigenvalue weighted by molar-refractivity contribution is 0.0335. The average Bonchev–Trinajstić information content (AvgIpc) is 3.22. The van der Waals surface area contributed by atoms with E-state index in [0.29, 0.717) is 31.7 Å². The molecule has 10 nitrogen and oxygen atoms in total. The van der Waals surface area contributed by atoms with E-state index in [4.69, 9.17) is 14.2 Å². The van der Waals surface area contributed by atoms with Crippen LogP contribution in [-0.2, 0) is 27.3 Å². The Balaban J connectivity index is 1.64. The number of aliphatic imine (C=N–C) groups is 1. The number of ether oxygens (including phenoxy) is 3. The minimum atomic E-state index is -0.777. The summed E-state index contributed by atoms with van der Waals surface area (Å²) in [6.07, 6.45) is -0.609. The minimum absolute atomic E-state index is 0.147. The number of benzene rings is 3. The van der Waals surface area contributed by atoms with Crippen LogP contribution in [0.2, 0.25) is 0 Å². The number of carbonyl (C=O) groups is 3. The maximum absolute atomic E-state index is 13.9. The first kappa shape index (κ1) is 34.4.